The van der Waals surface area contributed by atoms with Crippen molar-refractivity contribution in [3.63, 3.8) is 0 Å². The Balaban J connectivity index is 1.09. The number of para-hydroxylation sites is 1. The summed E-state index contributed by atoms with van der Waals surface area (Å²) in [5.41, 5.74) is 23.4. The summed E-state index contributed by atoms with van der Waals surface area (Å²) in [6, 6.07) is 93.1. The van der Waals surface area contributed by atoms with Crippen molar-refractivity contribution >= 4 is 11.4 Å². The highest BCUT2D eigenvalue weighted by Gasteiger charge is 2.58. The molecule has 0 saturated carbocycles. The minimum atomic E-state index is -0.545. The van der Waals surface area contributed by atoms with Gasteiger partial charge < -0.3 is 4.90 Å². The molecule has 0 fully saturated rings. The van der Waals surface area contributed by atoms with E-state index in [1.54, 1.807) is 0 Å². The summed E-state index contributed by atoms with van der Waals surface area (Å²) < 4.78 is 0. The maximum atomic E-state index is 2.59. The van der Waals surface area contributed by atoms with E-state index in [0.29, 0.717) is 6.54 Å². The summed E-state index contributed by atoms with van der Waals surface area (Å²) in [7, 11) is 0. The van der Waals surface area contributed by atoms with Gasteiger partial charge in [-0.3, -0.25) is 0 Å². The number of benzene rings is 10. The maximum Gasteiger partial charge on any atom is 0.0720 e. The van der Waals surface area contributed by atoms with Gasteiger partial charge in [0.15, 0.2) is 0 Å². The highest BCUT2D eigenvalue weighted by Crippen LogP contribution is 2.67. The first-order valence-corrected chi connectivity index (χ1v) is 22.5. The normalized spacial score (nSPS) is 13.9. The molecule has 1 heteroatoms. The zero-order valence-corrected chi connectivity index (χ0v) is 35.3. The molecule has 10 aromatic rings. The van der Waals surface area contributed by atoms with E-state index in [1.165, 1.54) is 100 Å². The Labute approximate surface area is 375 Å². The van der Waals surface area contributed by atoms with E-state index < -0.39 is 10.8 Å². The van der Waals surface area contributed by atoms with Crippen LogP contribution in [0.1, 0.15) is 50.1 Å². The molecule has 2 spiro atoms. The topological polar surface area (TPSA) is 3.24 Å². The molecular formula is C63H43N. The molecule has 0 N–H and O–H groups in total. The first kappa shape index (κ1) is 36.6. The molecule has 3 aliphatic rings. The number of fused-ring (bicyclic) bond motifs is 16. The van der Waals surface area contributed by atoms with Crippen molar-refractivity contribution in [2.45, 2.75) is 17.4 Å². The lowest BCUT2D eigenvalue weighted by atomic mass is 9.52. The van der Waals surface area contributed by atoms with Gasteiger partial charge in [-0.1, -0.05) is 231 Å². The Hall–Kier alpha value is -8.00. The molecule has 3 aliphatic carbocycles. The van der Waals surface area contributed by atoms with Crippen molar-refractivity contribution in [3.8, 4) is 44.5 Å². The van der Waals surface area contributed by atoms with Crippen LogP contribution in [0, 0.1) is 0 Å². The number of rotatable bonds is 6. The summed E-state index contributed by atoms with van der Waals surface area (Å²) in [4.78, 5) is 2.52. The molecule has 0 heterocycles. The van der Waals surface area contributed by atoms with Crippen LogP contribution in [0.3, 0.4) is 0 Å². The summed E-state index contributed by atoms with van der Waals surface area (Å²) in [6.45, 7) is 0.670. The summed E-state index contributed by atoms with van der Waals surface area (Å²) in [5.74, 6) is 0. The van der Waals surface area contributed by atoms with Crippen LogP contribution in [-0.4, -0.2) is 0 Å². The van der Waals surface area contributed by atoms with Crippen LogP contribution in [0.25, 0.3) is 44.5 Å². The second-order valence-electron chi connectivity index (χ2n) is 17.5. The number of anilines is 2. The molecule has 64 heavy (non-hydrogen) atoms. The highest BCUT2D eigenvalue weighted by molar-refractivity contribution is 5.94. The van der Waals surface area contributed by atoms with Gasteiger partial charge in [0.25, 0.3) is 0 Å². The molecule has 0 atom stereocenters. The largest absolute Gasteiger partial charge is 0.336 e. The molecule has 0 aliphatic heterocycles. The van der Waals surface area contributed by atoms with Crippen LogP contribution in [0.5, 0.6) is 0 Å². The van der Waals surface area contributed by atoms with Gasteiger partial charge >= 0.3 is 0 Å². The van der Waals surface area contributed by atoms with Crippen LogP contribution in [0.2, 0.25) is 0 Å². The quantitative estimate of drug-likeness (QED) is 0.162. The number of hydrogen-bond donors (Lipinski definition) is 0. The molecular weight excluding hydrogens is 771 g/mol. The van der Waals surface area contributed by atoms with Crippen LogP contribution >= 0.6 is 0 Å². The van der Waals surface area contributed by atoms with Crippen molar-refractivity contribution in [3.05, 3.63) is 299 Å². The Kier molecular flexibility index (Phi) is 8.17. The zero-order valence-electron chi connectivity index (χ0n) is 35.3. The van der Waals surface area contributed by atoms with Crippen molar-refractivity contribution < 1.29 is 0 Å². The van der Waals surface area contributed by atoms with E-state index in [1.807, 2.05) is 0 Å². The number of hydrogen-bond acceptors (Lipinski definition) is 1. The summed E-state index contributed by atoms with van der Waals surface area (Å²) in [5, 5.41) is 0. The third kappa shape index (κ3) is 5.07. The van der Waals surface area contributed by atoms with Gasteiger partial charge in [0.2, 0.25) is 0 Å². The lowest BCUT2D eigenvalue weighted by Gasteiger charge is -2.49. The third-order valence-electron chi connectivity index (χ3n) is 14.4. The second kappa shape index (κ2) is 14.3. The fourth-order valence-electron chi connectivity index (χ4n) is 11.9. The third-order valence-corrected chi connectivity index (χ3v) is 14.4. The van der Waals surface area contributed by atoms with Gasteiger partial charge in [0.1, 0.15) is 0 Å². The molecule has 0 amide bonds. The van der Waals surface area contributed by atoms with Gasteiger partial charge in [-0.05, 0) is 107 Å². The average molecular weight is 814 g/mol. The minimum Gasteiger partial charge on any atom is -0.336 e. The lowest BCUT2D eigenvalue weighted by Crippen LogP contribution is -2.44. The van der Waals surface area contributed by atoms with E-state index in [0.717, 1.165) is 5.69 Å². The van der Waals surface area contributed by atoms with Crippen molar-refractivity contribution in [1.29, 1.82) is 0 Å². The highest BCUT2D eigenvalue weighted by atomic mass is 15.1. The van der Waals surface area contributed by atoms with Crippen LogP contribution in [0.15, 0.2) is 249 Å². The van der Waals surface area contributed by atoms with Crippen molar-refractivity contribution in [2.75, 3.05) is 4.90 Å². The molecule has 10 aromatic carbocycles. The van der Waals surface area contributed by atoms with Gasteiger partial charge in [0, 0.05) is 23.5 Å². The fourth-order valence-corrected chi connectivity index (χ4v) is 11.9. The lowest BCUT2D eigenvalue weighted by molar-refractivity contribution is 0.631. The minimum absolute atomic E-state index is 0.512. The zero-order chi connectivity index (χ0) is 42.2. The molecule has 300 valence electrons. The molecule has 13 rings (SSSR count). The van der Waals surface area contributed by atoms with Crippen molar-refractivity contribution in [1.82, 2.24) is 0 Å². The van der Waals surface area contributed by atoms with Gasteiger partial charge in [-0.15, -0.1) is 0 Å². The molecule has 0 saturated heterocycles. The predicted octanol–water partition coefficient (Wildman–Crippen LogP) is 15.4. The fraction of sp³-hybridized carbons (Fsp3) is 0.0476. The molecule has 0 radical (unpaired) electrons. The second-order valence-corrected chi connectivity index (χ2v) is 17.5. The van der Waals surface area contributed by atoms with Gasteiger partial charge in [-0.2, -0.15) is 0 Å². The smallest absolute Gasteiger partial charge is 0.0720 e. The first-order valence-electron chi connectivity index (χ1n) is 22.5. The van der Waals surface area contributed by atoms with Crippen LogP contribution < -0.4 is 4.90 Å². The van der Waals surface area contributed by atoms with E-state index in [2.05, 4.69) is 254 Å². The summed E-state index contributed by atoms with van der Waals surface area (Å²) >= 11 is 0. The van der Waals surface area contributed by atoms with Crippen LogP contribution in [-0.2, 0) is 17.4 Å². The summed E-state index contributed by atoms with van der Waals surface area (Å²) in [6.07, 6.45) is 0. The molecule has 0 aromatic heterocycles. The Morgan fingerprint density at radius 3 is 1.16 bits per heavy atom. The SMILES string of the molecule is c1ccc(-c2ccc(N(Cc3ccc4c(c3)C3(c5ccccc5-c5ccccc53)c3ccccc3C43c4ccccc4-c4ccccc43)c3ccccc3-c3ccccc3)cc2)cc1. The number of nitrogens with zero attached hydrogens (tertiary/aromatic N) is 1. The van der Waals surface area contributed by atoms with Crippen LogP contribution in [0.4, 0.5) is 11.4 Å². The van der Waals surface area contributed by atoms with E-state index >= 15 is 0 Å². The Bertz CT molecular complexity index is 3330. The molecule has 0 unspecified atom stereocenters. The van der Waals surface area contributed by atoms with E-state index in [4.69, 9.17) is 0 Å². The Morgan fingerprint density at radius 1 is 0.266 bits per heavy atom. The van der Waals surface area contributed by atoms with Crippen molar-refractivity contribution in [2.24, 2.45) is 0 Å². The Morgan fingerprint density at radius 2 is 0.641 bits per heavy atom. The van der Waals surface area contributed by atoms with Gasteiger partial charge in [0.05, 0.1) is 10.8 Å². The monoisotopic (exact) mass is 813 g/mol. The van der Waals surface area contributed by atoms with E-state index in [9.17, 15) is 0 Å². The first-order chi connectivity index (χ1) is 31.8. The molecule has 0 bridgehead atoms. The molecule has 1 nitrogen and oxygen atoms in total. The van der Waals surface area contributed by atoms with Gasteiger partial charge in [-0.25, -0.2) is 0 Å². The maximum absolute atomic E-state index is 2.59. The average Bonchev–Trinajstić information content (AvgIpc) is 3.84. The standard InChI is InChI=1S/C63H43N/c1-3-19-44(20-4-1)45-36-38-47(39-37-45)64(61-34-18-11-23-48(61)46-21-5-2-6-22-46)42-43-35-40-59-60(41-43)63(55-30-14-9-26-51(55)52-27-10-15-31-56(52)63)58-33-17-16-32-57(58)62(59)53-28-12-7-24-49(53)50-25-8-13-29-54(50)62/h1-41H,42H2. The predicted molar refractivity (Wildman–Crippen MR) is 264 cm³/mol. The van der Waals surface area contributed by atoms with E-state index in [-0.39, 0.29) is 0 Å².